The van der Waals surface area contributed by atoms with E-state index in [0.29, 0.717) is 12.4 Å². The molecule has 1 aromatic rings. The highest BCUT2D eigenvalue weighted by Gasteiger charge is 2.16. The average molecular weight is 291 g/mol. The first-order valence-corrected chi connectivity index (χ1v) is 6.08. The van der Waals surface area contributed by atoms with E-state index in [1.54, 1.807) is 6.92 Å². The Morgan fingerprint density at radius 2 is 1.83 bits per heavy atom. The van der Waals surface area contributed by atoms with Gasteiger partial charge in [-0.05, 0) is 13.0 Å². The van der Waals surface area contributed by atoms with Gasteiger partial charge in [-0.2, -0.15) is 0 Å². The number of carboxylic acid groups (broad SMARTS) is 1. The van der Waals surface area contributed by atoms with E-state index in [-0.39, 0.29) is 34.2 Å². The van der Waals surface area contributed by atoms with Crippen molar-refractivity contribution in [3.8, 4) is 5.75 Å². The van der Waals surface area contributed by atoms with Crippen LogP contribution in [0.25, 0.3) is 0 Å². The van der Waals surface area contributed by atoms with E-state index in [9.17, 15) is 9.59 Å². The number of benzene rings is 1. The van der Waals surface area contributed by atoms with Gasteiger partial charge < -0.3 is 9.84 Å². The van der Waals surface area contributed by atoms with Crippen molar-refractivity contribution in [3.05, 3.63) is 27.7 Å². The third-order valence-electron chi connectivity index (χ3n) is 2.19. The molecule has 0 fully saturated rings. The van der Waals surface area contributed by atoms with Gasteiger partial charge in [0.1, 0.15) is 5.75 Å². The smallest absolute Gasteiger partial charge is 0.303 e. The third kappa shape index (κ3) is 3.89. The minimum absolute atomic E-state index is 0.104. The highest BCUT2D eigenvalue weighted by atomic mass is 35.5. The summed E-state index contributed by atoms with van der Waals surface area (Å²) in [6, 6.07) is 2.86. The molecule has 1 N–H and O–H groups in total. The van der Waals surface area contributed by atoms with Crippen molar-refractivity contribution in [2.24, 2.45) is 0 Å². The summed E-state index contributed by atoms with van der Waals surface area (Å²) in [5.41, 5.74) is 0.257. The zero-order valence-electron chi connectivity index (χ0n) is 9.70. The number of hydrogen-bond acceptors (Lipinski definition) is 3. The van der Waals surface area contributed by atoms with Gasteiger partial charge in [-0.3, -0.25) is 9.59 Å². The maximum atomic E-state index is 11.9. The van der Waals surface area contributed by atoms with Crippen LogP contribution in [0.1, 0.15) is 30.1 Å². The van der Waals surface area contributed by atoms with E-state index in [2.05, 4.69) is 0 Å². The van der Waals surface area contributed by atoms with Gasteiger partial charge in [0, 0.05) is 12.5 Å². The number of hydrogen-bond donors (Lipinski definition) is 1. The van der Waals surface area contributed by atoms with Gasteiger partial charge in [0.05, 0.1) is 28.6 Å². The lowest BCUT2D eigenvalue weighted by Crippen LogP contribution is -2.07. The van der Waals surface area contributed by atoms with Crippen molar-refractivity contribution < 1.29 is 19.4 Å². The molecule has 0 unspecified atom stereocenters. The average Bonchev–Trinajstić information content (AvgIpc) is 2.30. The summed E-state index contributed by atoms with van der Waals surface area (Å²) in [6.45, 7) is 2.14. The Morgan fingerprint density at radius 1 is 1.22 bits per heavy atom. The second-order valence-corrected chi connectivity index (χ2v) is 4.33. The number of carbonyl (C=O) groups excluding carboxylic acids is 1. The van der Waals surface area contributed by atoms with E-state index in [0.717, 1.165) is 0 Å². The fraction of sp³-hybridized carbons (Fsp3) is 0.333. The monoisotopic (exact) mass is 290 g/mol. The van der Waals surface area contributed by atoms with Gasteiger partial charge in [0.2, 0.25) is 0 Å². The second kappa shape index (κ2) is 6.61. The molecule has 0 radical (unpaired) electrons. The lowest BCUT2D eigenvalue weighted by Gasteiger charge is -2.10. The summed E-state index contributed by atoms with van der Waals surface area (Å²) < 4.78 is 5.29. The Balaban J connectivity index is 3.01. The van der Waals surface area contributed by atoms with Crippen LogP contribution in [-0.2, 0) is 4.79 Å². The Morgan fingerprint density at radius 3 is 2.39 bits per heavy atom. The van der Waals surface area contributed by atoms with Crippen LogP contribution in [0.5, 0.6) is 5.75 Å². The van der Waals surface area contributed by atoms with E-state index in [4.69, 9.17) is 33.0 Å². The van der Waals surface area contributed by atoms with Gasteiger partial charge in [-0.15, -0.1) is 0 Å². The first kappa shape index (κ1) is 14.8. The number of halogens is 2. The fourth-order valence-electron chi connectivity index (χ4n) is 1.38. The highest BCUT2D eigenvalue weighted by Crippen LogP contribution is 2.31. The summed E-state index contributed by atoms with van der Waals surface area (Å²) in [4.78, 5) is 22.3. The first-order valence-electron chi connectivity index (χ1n) is 5.32. The topological polar surface area (TPSA) is 63.6 Å². The van der Waals surface area contributed by atoms with Crippen molar-refractivity contribution in [1.29, 1.82) is 0 Å². The first-order chi connectivity index (χ1) is 8.45. The summed E-state index contributed by atoms with van der Waals surface area (Å²) in [7, 11) is 0. The Hall–Kier alpha value is -1.26. The molecule has 1 rings (SSSR count). The van der Waals surface area contributed by atoms with E-state index in [1.165, 1.54) is 12.1 Å². The van der Waals surface area contributed by atoms with Crippen LogP contribution in [0.4, 0.5) is 0 Å². The second-order valence-electron chi connectivity index (χ2n) is 3.51. The zero-order chi connectivity index (χ0) is 13.7. The minimum atomic E-state index is -1.03. The predicted molar refractivity (Wildman–Crippen MR) is 68.8 cm³/mol. The van der Waals surface area contributed by atoms with Gasteiger partial charge in [0.25, 0.3) is 0 Å². The van der Waals surface area contributed by atoms with Gasteiger partial charge in [-0.25, -0.2) is 0 Å². The molecule has 0 saturated heterocycles. The number of ketones is 1. The molecule has 0 atom stereocenters. The van der Waals surface area contributed by atoms with Gasteiger partial charge in [0.15, 0.2) is 5.78 Å². The van der Waals surface area contributed by atoms with Gasteiger partial charge in [-0.1, -0.05) is 23.2 Å². The minimum Gasteiger partial charge on any atom is -0.493 e. The molecule has 0 aliphatic rings. The SMILES string of the molecule is CCOc1cc(Cl)c(Cl)cc1C(=O)CCC(=O)O. The molecule has 1 aromatic carbocycles. The van der Waals surface area contributed by atoms with Crippen molar-refractivity contribution in [2.75, 3.05) is 6.61 Å². The molecule has 0 aliphatic heterocycles. The lowest BCUT2D eigenvalue weighted by molar-refractivity contribution is -0.136. The quantitative estimate of drug-likeness (QED) is 0.815. The highest BCUT2D eigenvalue weighted by molar-refractivity contribution is 6.42. The molecule has 6 heteroatoms. The van der Waals surface area contributed by atoms with Crippen molar-refractivity contribution in [3.63, 3.8) is 0 Å². The number of carbonyl (C=O) groups is 2. The Kier molecular flexibility index (Phi) is 5.44. The molecule has 18 heavy (non-hydrogen) atoms. The van der Waals surface area contributed by atoms with E-state index >= 15 is 0 Å². The molecule has 0 saturated carbocycles. The van der Waals surface area contributed by atoms with Crippen LogP contribution >= 0.6 is 23.2 Å². The normalized spacial score (nSPS) is 10.2. The number of aliphatic carboxylic acids is 1. The van der Waals surface area contributed by atoms with Crippen LogP contribution in [0.3, 0.4) is 0 Å². The maximum Gasteiger partial charge on any atom is 0.303 e. The zero-order valence-corrected chi connectivity index (χ0v) is 11.2. The molecule has 0 aromatic heterocycles. The molecule has 0 amide bonds. The summed E-state index contributed by atoms with van der Waals surface area (Å²) >= 11 is 11.7. The lowest BCUT2D eigenvalue weighted by atomic mass is 10.1. The maximum absolute atomic E-state index is 11.9. The predicted octanol–water partition coefficient (Wildman–Crippen LogP) is 3.44. The molecule has 98 valence electrons. The van der Waals surface area contributed by atoms with Crippen LogP contribution < -0.4 is 4.74 Å². The number of ether oxygens (including phenoxy) is 1. The van der Waals surface area contributed by atoms with Crippen LogP contribution in [-0.4, -0.2) is 23.5 Å². The van der Waals surface area contributed by atoms with Gasteiger partial charge >= 0.3 is 5.97 Å². The Labute approximate surface area is 114 Å². The van der Waals surface area contributed by atoms with Crippen LogP contribution in [0.15, 0.2) is 12.1 Å². The third-order valence-corrected chi connectivity index (χ3v) is 2.91. The summed E-state index contributed by atoms with van der Waals surface area (Å²) in [5, 5.41) is 9.07. The Bertz CT molecular complexity index is 471. The largest absolute Gasteiger partial charge is 0.493 e. The van der Waals surface area contributed by atoms with Crippen molar-refractivity contribution >= 4 is 35.0 Å². The van der Waals surface area contributed by atoms with Crippen molar-refractivity contribution in [2.45, 2.75) is 19.8 Å². The van der Waals surface area contributed by atoms with Crippen molar-refractivity contribution in [1.82, 2.24) is 0 Å². The molecule has 0 spiro atoms. The summed E-state index contributed by atoms with van der Waals surface area (Å²) in [6.07, 6.45) is -0.335. The number of Topliss-reactive ketones (excluding diaryl/α,β-unsaturated/α-hetero) is 1. The molecule has 0 heterocycles. The molecular weight excluding hydrogens is 279 g/mol. The van der Waals surface area contributed by atoms with E-state index in [1.807, 2.05) is 0 Å². The summed E-state index contributed by atoms with van der Waals surface area (Å²) in [5.74, 6) is -1.04. The van der Waals surface area contributed by atoms with Crippen LogP contribution in [0.2, 0.25) is 10.0 Å². The number of rotatable bonds is 6. The molecular formula is C12H12Cl2O4. The standard InChI is InChI=1S/C12H12Cl2O4/c1-2-18-11-6-9(14)8(13)5-7(11)10(15)3-4-12(16)17/h5-6H,2-4H2,1H3,(H,16,17). The molecule has 0 aliphatic carbocycles. The van der Waals surface area contributed by atoms with Crippen LogP contribution in [0, 0.1) is 0 Å². The van der Waals surface area contributed by atoms with E-state index < -0.39 is 5.97 Å². The fourth-order valence-corrected chi connectivity index (χ4v) is 1.69. The number of carboxylic acids is 1. The molecule has 0 bridgehead atoms. The molecule has 4 nitrogen and oxygen atoms in total.